The molecule has 0 aliphatic rings. The lowest BCUT2D eigenvalue weighted by Crippen LogP contribution is -2.17. The van der Waals surface area contributed by atoms with Gasteiger partial charge in [0.15, 0.2) is 0 Å². The zero-order valence-corrected chi connectivity index (χ0v) is 12.5. The van der Waals surface area contributed by atoms with E-state index >= 15 is 0 Å². The second-order valence-corrected chi connectivity index (χ2v) is 4.87. The number of carbonyl (C=O) groups is 2. The number of amides is 2. The predicted molar refractivity (Wildman–Crippen MR) is 87.0 cm³/mol. The molecule has 0 bridgehead atoms. The van der Waals surface area contributed by atoms with Gasteiger partial charge in [-0.3, -0.25) is 9.59 Å². The van der Waals surface area contributed by atoms with Crippen LogP contribution < -0.4 is 10.7 Å². The molecule has 0 unspecified atom stereocenters. The third-order valence-electron chi connectivity index (χ3n) is 2.89. The summed E-state index contributed by atoms with van der Waals surface area (Å²) in [5.41, 5.74) is 5.63. The summed E-state index contributed by atoms with van der Waals surface area (Å²) < 4.78 is 0. The van der Waals surface area contributed by atoms with E-state index in [-0.39, 0.29) is 11.8 Å². The lowest BCUT2D eigenvalue weighted by atomic mass is 10.2. The Morgan fingerprint density at radius 2 is 1.82 bits per heavy atom. The molecule has 0 saturated heterocycles. The fourth-order valence-electron chi connectivity index (χ4n) is 1.89. The Morgan fingerprint density at radius 1 is 1.09 bits per heavy atom. The number of aryl methyl sites for hydroxylation is 1. The van der Waals surface area contributed by atoms with Crippen molar-refractivity contribution < 1.29 is 9.59 Å². The molecule has 2 aromatic carbocycles. The first-order chi connectivity index (χ1) is 10.5. The van der Waals surface area contributed by atoms with Crippen LogP contribution in [0.2, 0.25) is 0 Å². The topological polar surface area (TPSA) is 70.6 Å². The van der Waals surface area contributed by atoms with E-state index in [9.17, 15) is 9.59 Å². The summed E-state index contributed by atoms with van der Waals surface area (Å²) >= 11 is 0. The highest BCUT2D eigenvalue weighted by Gasteiger charge is 2.04. The lowest BCUT2D eigenvalue weighted by Gasteiger charge is -2.03. The lowest BCUT2D eigenvalue weighted by molar-refractivity contribution is -0.114. The molecule has 2 aromatic rings. The van der Waals surface area contributed by atoms with Crippen molar-refractivity contribution in [2.24, 2.45) is 5.10 Å². The Labute approximate surface area is 129 Å². The fourth-order valence-corrected chi connectivity index (χ4v) is 1.89. The largest absolute Gasteiger partial charge is 0.326 e. The number of anilines is 1. The number of nitrogens with one attached hydrogen (secondary N) is 2. The Morgan fingerprint density at radius 3 is 2.45 bits per heavy atom. The Kier molecular flexibility index (Phi) is 5.03. The molecule has 0 fully saturated rings. The monoisotopic (exact) mass is 295 g/mol. The van der Waals surface area contributed by atoms with Crippen LogP contribution >= 0.6 is 0 Å². The van der Waals surface area contributed by atoms with Gasteiger partial charge < -0.3 is 5.32 Å². The van der Waals surface area contributed by atoms with Crippen LogP contribution in [0.4, 0.5) is 5.69 Å². The summed E-state index contributed by atoms with van der Waals surface area (Å²) in [4.78, 5) is 22.8. The summed E-state index contributed by atoms with van der Waals surface area (Å²) in [6, 6.07) is 14.4. The van der Waals surface area contributed by atoms with E-state index < -0.39 is 0 Å². The van der Waals surface area contributed by atoms with E-state index in [1.807, 2.05) is 31.2 Å². The van der Waals surface area contributed by atoms with Gasteiger partial charge in [-0.25, -0.2) is 5.43 Å². The zero-order valence-electron chi connectivity index (χ0n) is 12.5. The molecule has 0 aromatic heterocycles. The first kappa shape index (κ1) is 15.4. The van der Waals surface area contributed by atoms with Crippen molar-refractivity contribution in [2.75, 3.05) is 5.32 Å². The number of hydrogen-bond acceptors (Lipinski definition) is 3. The van der Waals surface area contributed by atoms with Gasteiger partial charge in [-0.2, -0.15) is 5.10 Å². The minimum atomic E-state index is -0.307. The smallest absolute Gasteiger partial charge is 0.271 e. The van der Waals surface area contributed by atoms with E-state index in [1.165, 1.54) is 6.92 Å². The van der Waals surface area contributed by atoms with Gasteiger partial charge in [0.1, 0.15) is 0 Å². The van der Waals surface area contributed by atoms with Crippen LogP contribution in [-0.4, -0.2) is 18.0 Å². The van der Waals surface area contributed by atoms with Crippen molar-refractivity contribution in [3.05, 3.63) is 65.2 Å². The molecule has 2 N–H and O–H groups in total. The van der Waals surface area contributed by atoms with Crippen molar-refractivity contribution in [3.8, 4) is 0 Å². The van der Waals surface area contributed by atoms with Crippen molar-refractivity contribution in [1.82, 2.24) is 5.43 Å². The maximum atomic E-state index is 11.9. The van der Waals surface area contributed by atoms with E-state index in [4.69, 9.17) is 0 Å². The second-order valence-electron chi connectivity index (χ2n) is 4.87. The Balaban J connectivity index is 1.96. The number of benzene rings is 2. The van der Waals surface area contributed by atoms with Crippen LogP contribution in [0.15, 0.2) is 53.6 Å². The summed E-state index contributed by atoms with van der Waals surface area (Å²) in [5.74, 6) is -0.460. The minimum absolute atomic E-state index is 0.153. The minimum Gasteiger partial charge on any atom is -0.326 e. The number of nitrogens with zero attached hydrogens (tertiary/aromatic N) is 1. The SMILES string of the molecule is CC(=O)Nc1ccc(C(=O)N/N=C\c2cccc(C)c2)cc1. The molecule has 0 radical (unpaired) electrons. The molecule has 112 valence electrons. The molecule has 0 aliphatic heterocycles. The van der Waals surface area contributed by atoms with Crippen molar-refractivity contribution >= 4 is 23.7 Å². The average molecular weight is 295 g/mol. The number of carbonyl (C=O) groups excluding carboxylic acids is 2. The molecular weight excluding hydrogens is 278 g/mol. The van der Waals surface area contributed by atoms with Crippen LogP contribution in [0.1, 0.15) is 28.4 Å². The molecule has 0 spiro atoms. The normalized spacial score (nSPS) is 10.5. The molecule has 0 heterocycles. The molecular formula is C17H17N3O2. The zero-order chi connectivity index (χ0) is 15.9. The standard InChI is InChI=1S/C17H17N3O2/c1-12-4-3-5-14(10-12)11-18-20-17(22)15-6-8-16(9-7-15)19-13(2)21/h3-11H,1-2H3,(H,19,21)(H,20,22)/b18-11-. The van der Waals surface area contributed by atoms with Gasteiger partial charge in [-0.15, -0.1) is 0 Å². The van der Waals surface area contributed by atoms with Crippen molar-refractivity contribution in [2.45, 2.75) is 13.8 Å². The third kappa shape index (κ3) is 4.56. The molecule has 0 saturated carbocycles. The maximum absolute atomic E-state index is 11.9. The van der Waals surface area contributed by atoms with Gasteiger partial charge in [0.05, 0.1) is 6.21 Å². The maximum Gasteiger partial charge on any atom is 0.271 e. The number of hydrogen-bond donors (Lipinski definition) is 2. The molecule has 2 rings (SSSR count). The molecule has 5 heteroatoms. The summed E-state index contributed by atoms with van der Waals surface area (Å²) in [6.07, 6.45) is 1.59. The van der Waals surface area contributed by atoms with Crippen LogP contribution in [0.5, 0.6) is 0 Å². The van der Waals surface area contributed by atoms with Crippen molar-refractivity contribution in [1.29, 1.82) is 0 Å². The highest BCUT2D eigenvalue weighted by Crippen LogP contribution is 2.09. The first-order valence-corrected chi connectivity index (χ1v) is 6.82. The highest BCUT2D eigenvalue weighted by molar-refractivity contribution is 5.96. The Bertz CT molecular complexity index is 706. The predicted octanol–water partition coefficient (Wildman–Crippen LogP) is 2.72. The van der Waals surface area contributed by atoms with Gasteiger partial charge in [0, 0.05) is 18.2 Å². The first-order valence-electron chi connectivity index (χ1n) is 6.82. The van der Waals surface area contributed by atoms with Gasteiger partial charge in [0.25, 0.3) is 5.91 Å². The number of hydrazone groups is 1. The summed E-state index contributed by atoms with van der Waals surface area (Å²) in [5, 5.41) is 6.58. The van der Waals surface area contributed by atoms with E-state index in [0.717, 1.165) is 11.1 Å². The molecule has 0 atom stereocenters. The van der Waals surface area contributed by atoms with E-state index in [1.54, 1.807) is 30.5 Å². The fraction of sp³-hybridized carbons (Fsp3) is 0.118. The van der Waals surface area contributed by atoms with Crippen LogP contribution in [0, 0.1) is 6.92 Å². The average Bonchev–Trinajstić information content (AvgIpc) is 2.47. The summed E-state index contributed by atoms with van der Waals surface area (Å²) in [6.45, 7) is 3.42. The Hall–Kier alpha value is -2.95. The van der Waals surface area contributed by atoms with Crippen LogP contribution in [0.25, 0.3) is 0 Å². The molecule has 5 nitrogen and oxygen atoms in total. The van der Waals surface area contributed by atoms with E-state index in [2.05, 4.69) is 15.8 Å². The van der Waals surface area contributed by atoms with Crippen LogP contribution in [0.3, 0.4) is 0 Å². The number of rotatable bonds is 4. The van der Waals surface area contributed by atoms with Crippen molar-refractivity contribution in [3.63, 3.8) is 0 Å². The van der Waals surface area contributed by atoms with Crippen LogP contribution in [-0.2, 0) is 4.79 Å². The van der Waals surface area contributed by atoms with Gasteiger partial charge >= 0.3 is 0 Å². The van der Waals surface area contributed by atoms with Gasteiger partial charge in [-0.05, 0) is 36.8 Å². The second kappa shape index (κ2) is 7.17. The summed E-state index contributed by atoms with van der Waals surface area (Å²) in [7, 11) is 0. The van der Waals surface area contributed by atoms with Gasteiger partial charge in [-0.1, -0.05) is 29.8 Å². The third-order valence-corrected chi connectivity index (χ3v) is 2.89. The van der Waals surface area contributed by atoms with E-state index in [0.29, 0.717) is 11.3 Å². The molecule has 2 amide bonds. The highest BCUT2D eigenvalue weighted by atomic mass is 16.2. The quantitative estimate of drug-likeness (QED) is 0.672. The van der Waals surface area contributed by atoms with Gasteiger partial charge in [0.2, 0.25) is 5.91 Å². The molecule has 0 aliphatic carbocycles. The molecule has 22 heavy (non-hydrogen) atoms.